The van der Waals surface area contributed by atoms with Crippen LogP contribution in [0.5, 0.6) is 5.06 Å². The molecule has 2 bridgehead atoms. The Balaban J connectivity index is 1.64. The Morgan fingerprint density at radius 3 is 2.78 bits per heavy atom. The zero-order valence-electron chi connectivity index (χ0n) is 10.5. The molecule has 0 saturated carbocycles. The van der Waals surface area contributed by atoms with E-state index in [0.29, 0.717) is 12.0 Å². The molecule has 0 aromatic carbocycles. The Hall–Kier alpha value is -1.07. The minimum Gasteiger partial charge on any atom is -0.487 e. The highest BCUT2D eigenvalue weighted by atomic mass is 32.1. The normalized spacial score (nSPS) is 30.2. The average Bonchev–Trinajstić information content (AvgIpc) is 2.89. The summed E-state index contributed by atoms with van der Waals surface area (Å²) in [5, 5.41) is 3.96. The number of carbonyl (C=O) groups excluding carboxylic acids is 1. The molecule has 1 N–H and O–H groups in total. The van der Waals surface area contributed by atoms with Crippen molar-refractivity contribution in [2.45, 2.75) is 18.9 Å². The first-order valence-electron chi connectivity index (χ1n) is 6.43. The fourth-order valence-corrected chi connectivity index (χ4v) is 3.64. The lowest BCUT2D eigenvalue weighted by Gasteiger charge is -2.44. The van der Waals surface area contributed by atoms with Gasteiger partial charge in [-0.25, -0.2) is 0 Å². The number of rotatable bonds is 3. The first-order valence-corrected chi connectivity index (χ1v) is 7.25. The summed E-state index contributed by atoms with van der Waals surface area (Å²) in [6.07, 6.45) is 2.44. The Morgan fingerprint density at radius 1 is 1.44 bits per heavy atom. The van der Waals surface area contributed by atoms with E-state index in [1.165, 1.54) is 37.3 Å². The number of methoxy groups -OCH3 is 1. The van der Waals surface area contributed by atoms with Crippen molar-refractivity contribution in [1.82, 2.24) is 10.2 Å². The van der Waals surface area contributed by atoms with Gasteiger partial charge < -0.3 is 15.0 Å². The van der Waals surface area contributed by atoms with Crippen LogP contribution in [-0.4, -0.2) is 43.6 Å². The van der Waals surface area contributed by atoms with Gasteiger partial charge >= 0.3 is 0 Å². The maximum absolute atomic E-state index is 12.1. The van der Waals surface area contributed by atoms with Gasteiger partial charge in [0.15, 0.2) is 5.06 Å². The van der Waals surface area contributed by atoms with Crippen LogP contribution in [0.4, 0.5) is 0 Å². The zero-order chi connectivity index (χ0) is 12.5. The van der Waals surface area contributed by atoms with Crippen LogP contribution in [0.15, 0.2) is 12.1 Å². The quantitative estimate of drug-likeness (QED) is 0.845. The van der Waals surface area contributed by atoms with Gasteiger partial charge in [0, 0.05) is 12.6 Å². The average molecular weight is 267 g/mol. The molecule has 4 heterocycles. The second-order valence-corrected chi connectivity index (χ2v) is 6.09. The predicted molar refractivity (Wildman–Crippen MR) is 71.3 cm³/mol. The molecule has 3 fully saturated rings. The lowest BCUT2D eigenvalue weighted by Crippen LogP contribution is -2.57. The van der Waals surface area contributed by atoms with Crippen LogP contribution in [0, 0.1) is 5.92 Å². The Kier molecular flexibility index (Phi) is 3.26. The topological polar surface area (TPSA) is 41.6 Å². The van der Waals surface area contributed by atoms with E-state index in [2.05, 4.69) is 10.2 Å². The zero-order valence-corrected chi connectivity index (χ0v) is 11.3. The molecule has 0 unspecified atom stereocenters. The van der Waals surface area contributed by atoms with Crippen molar-refractivity contribution in [2.75, 3.05) is 26.7 Å². The van der Waals surface area contributed by atoms with E-state index < -0.39 is 0 Å². The summed E-state index contributed by atoms with van der Waals surface area (Å²) in [6.45, 7) is 3.41. The van der Waals surface area contributed by atoms with Crippen LogP contribution >= 0.6 is 11.3 Å². The molecule has 1 atom stereocenters. The number of hydrogen-bond donors (Lipinski definition) is 1. The van der Waals surface area contributed by atoms with Crippen LogP contribution in [0.3, 0.4) is 0 Å². The van der Waals surface area contributed by atoms with Crippen molar-refractivity contribution in [3.63, 3.8) is 0 Å². The highest BCUT2D eigenvalue weighted by Crippen LogP contribution is 2.28. The van der Waals surface area contributed by atoms with E-state index in [0.717, 1.165) is 16.5 Å². The molecule has 1 amide bonds. The van der Waals surface area contributed by atoms with Gasteiger partial charge in [-0.05, 0) is 44.0 Å². The standard InChI is InChI=1S/C13H18N2O2S/c1-17-12-3-2-11(18-12)13(16)14-10-8-15-6-4-9(10)5-7-15/h2-3,9-10H,4-8H2,1H3,(H,14,16)/t10-/m0/s1/i13+1. The number of fused-ring (bicyclic) bond motifs is 3. The van der Waals surface area contributed by atoms with Gasteiger partial charge in [-0.2, -0.15) is 0 Å². The third-order valence-corrected chi connectivity index (χ3v) is 5.02. The molecule has 1 aromatic rings. The van der Waals surface area contributed by atoms with Crippen molar-refractivity contribution in [2.24, 2.45) is 5.92 Å². The minimum atomic E-state index is 0.0436. The molecule has 3 aliphatic heterocycles. The van der Waals surface area contributed by atoms with Gasteiger partial charge in [0.25, 0.3) is 5.91 Å². The van der Waals surface area contributed by atoms with Crippen LogP contribution in [0.1, 0.15) is 22.5 Å². The van der Waals surface area contributed by atoms with Crippen LogP contribution in [-0.2, 0) is 0 Å². The number of hydrogen-bond acceptors (Lipinski definition) is 4. The van der Waals surface area contributed by atoms with E-state index >= 15 is 0 Å². The fraction of sp³-hybridized carbons (Fsp3) is 0.615. The van der Waals surface area contributed by atoms with Gasteiger partial charge in [0.05, 0.1) is 12.0 Å². The van der Waals surface area contributed by atoms with Crippen LogP contribution < -0.4 is 10.1 Å². The van der Waals surface area contributed by atoms with Gasteiger partial charge in [-0.3, -0.25) is 4.79 Å². The van der Waals surface area contributed by atoms with E-state index in [1.54, 1.807) is 7.11 Å². The largest absolute Gasteiger partial charge is 0.487 e. The van der Waals surface area contributed by atoms with Crippen molar-refractivity contribution < 1.29 is 9.53 Å². The number of ether oxygens (including phenoxy) is 1. The van der Waals surface area contributed by atoms with Crippen LogP contribution in [0.2, 0.25) is 0 Å². The number of piperidine rings is 3. The van der Waals surface area contributed by atoms with Crippen molar-refractivity contribution in [1.29, 1.82) is 0 Å². The number of thiophene rings is 1. The van der Waals surface area contributed by atoms with E-state index in [4.69, 9.17) is 4.74 Å². The highest BCUT2D eigenvalue weighted by molar-refractivity contribution is 7.15. The first-order chi connectivity index (χ1) is 8.76. The molecule has 0 radical (unpaired) electrons. The van der Waals surface area contributed by atoms with Gasteiger partial charge in [-0.15, -0.1) is 0 Å². The second-order valence-electron chi connectivity index (χ2n) is 5.04. The molecular formula is C13H18N2O2S. The lowest BCUT2D eigenvalue weighted by atomic mass is 9.84. The molecule has 98 valence electrons. The second kappa shape index (κ2) is 4.90. The molecule has 4 nitrogen and oxygen atoms in total. The molecule has 3 saturated heterocycles. The molecule has 0 aliphatic carbocycles. The van der Waals surface area contributed by atoms with Gasteiger partial charge in [0.1, 0.15) is 0 Å². The molecule has 18 heavy (non-hydrogen) atoms. The van der Waals surface area contributed by atoms with Crippen molar-refractivity contribution in [3.8, 4) is 5.06 Å². The number of amides is 1. The summed E-state index contributed by atoms with van der Waals surface area (Å²) in [6, 6.07) is 4.00. The van der Waals surface area contributed by atoms with Crippen molar-refractivity contribution >= 4 is 17.2 Å². The maximum atomic E-state index is 12.1. The van der Waals surface area contributed by atoms with Crippen LogP contribution in [0.25, 0.3) is 0 Å². The summed E-state index contributed by atoms with van der Waals surface area (Å²) in [7, 11) is 1.63. The predicted octanol–water partition coefficient (Wildman–Crippen LogP) is 1.58. The Labute approximate surface area is 111 Å². The van der Waals surface area contributed by atoms with E-state index in [1.807, 2.05) is 12.1 Å². The summed E-state index contributed by atoms with van der Waals surface area (Å²) >= 11 is 1.40. The molecule has 5 heteroatoms. The summed E-state index contributed by atoms with van der Waals surface area (Å²) < 4.78 is 5.11. The molecule has 0 spiro atoms. The molecule has 4 rings (SSSR count). The fourth-order valence-electron chi connectivity index (χ4n) is 2.92. The third-order valence-electron chi connectivity index (χ3n) is 3.98. The van der Waals surface area contributed by atoms with Gasteiger partial charge in [-0.1, -0.05) is 11.3 Å². The molecule has 3 aliphatic rings. The molecule has 1 aromatic heterocycles. The van der Waals surface area contributed by atoms with E-state index in [9.17, 15) is 4.79 Å². The Morgan fingerprint density at radius 2 is 2.22 bits per heavy atom. The highest BCUT2D eigenvalue weighted by Gasteiger charge is 2.35. The summed E-state index contributed by atoms with van der Waals surface area (Å²) in [5.74, 6) is 0.711. The summed E-state index contributed by atoms with van der Waals surface area (Å²) in [4.78, 5) is 15.3. The monoisotopic (exact) mass is 267 g/mol. The number of nitrogens with zero attached hydrogens (tertiary/aromatic N) is 1. The lowest BCUT2D eigenvalue weighted by molar-refractivity contribution is 0.0622. The maximum Gasteiger partial charge on any atom is 0.261 e. The molecular weight excluding hydrogens is 249 g/mol. The minimum absolute atomic E-state index is 0.0436. The third kappa shape index (κ3) is 2.24. The number of nitrogens with one attached hydrogen (secondary N) is 1. The SMILES string of the molecule is COc1ccc([13C](=O)N[C@H]2CN3CCC2CC3)s1. The van der Waals surface area contributed by atoms with Crippen molar-refractivity contribution in [3.05, 3.63) is 17.0 Å². The van der Waals surface area contributed by atoms with E-state index in [-0.39, 0.29) is 5.91 Å². The Bertz CT molecular complexity index is 438. The number of carbonyl (C=O) groups is 1. The summed E-state index contributed by atoms with van der Waals surface area (Å²) in [5.41, 5.74) is 0. The van der Waals surface area contributed by atoms with Gasteiger partial charge in [0.2, 0.25) is 0 Å². The first kappa shape index (κ1) is 12.0. The smallest absolute Gasteiger partial charge is 0.261 e.